The average molecular weight is 246 g/mol. The number of aromatic amines is 1. The second kappa shape index (κ2) is 5.69. The van der Waals surface area contributed by atoms with Crippen LogP contribution in [0.5, 0.6) is 0 Å². The Kier molecular flexibility index (Phi) is 3.99. The van der Waals surface area contributed by atoms with Gasteiger partial charge in [-0.3, -0.25) is 4.79 Å². The van der Waals surface area contributed by atoms with Gasteiger partial charge in [0, 0.05) is 24.8 Å². The number of benzene rings is 1. The van der Waals surface area contributed by atoms with Gasteiger partial charge in [-0.15, -0.1) is 0 Å². The first-order chi connectivity index (χ1) is 8.72. The highest BCUT2D eigenvalue weighted by Gasteiger charge is 2.14. The third-order valence-electron chi connectivity index (χ3n) is 3.22. The summed E-state index contributed by atoms with van der Waals surface area (Å²) in [7, 11) is 0. The van der Waals surface area contributed by atoms with Crippen LogP contribution in [-0.2, 0) is 11.3 Å². The highest BCUT2D eigenvalue weighted by molar-refractivity contribution is 5.82. The van der Waals surface area contributed by atoms with Crippen LogP contribution in [0.2, 0.25) is 0 Å². The lowest BCUT2D eigenvalue weighted by Gasteiger charge is -2.11. The first-order valence-electron chi connectivity index (χ1n) is 6.21. The molecule has 0 aliphatic rings. The molecule has 1 heterocycles. The Bertz CT molecular complexity index is 533. The topological polar surface area (TPSA) is 65.1 Å². The monoisotopic (exact) mass is 246 g/mol. The molecule has 0 fully saturated rings. The highest BCUT2D eigenvalue weighted by Crippen LogP contribution is 2.16. The molecule has 0 radical (unpaired) electrons. The number of hydrogen-bond donors (Lipinski definition) is 3. The summed E-state index contributed by atoms with van der Waals surface area (Å²) in [6.07, 6.45) is 2.56. The fraction of sp³-hybridized carbons (Fsp3) is 0.357. The second-order valence-electron chi connectivity index (χ2n) is 4.43. The van der Waals surface area contributed by atoms with E-state index < -0.39 is 5.97 Å². The molecule has 1 aromatic heterocycles. The number of aliphatic carboxylic acids is 1. The zero-order valence-corrected chi connectivity index (χ0v) is 10.4. The zero-order valence-electron chi connectivity index (χ0n) is 10.4. The first kappa shape index (κ1) is 12.6. The van der Waals surface area contributed by atoms with Crippen molar-refractivity contribution < 1.29 is 9.90 Å². The Morgan fingerprint density at radius 2 is 2.28 bits per heavy atom. The fourth-order valence-corrected chi connectivity index (χ4v) is 2.08. The molecule has 0 spiro atoms. The van der Waals surface area contributed by atoms with Gasteiger partial charge in [0.25, 0.3) is 0 Å². The summed E-state index contributed by atoms with van der Waals surface area (Å²) in [5.74, 6) is -1.05. The standard InChI is InChI=1S/C14H18N2O2/c1-2-10(14(17)18)8-15-9-12-5-3-4-11-6-7-16-13(11)12/h3-7,10,15-16H,2,8-9H2,1H3,(H,17,18). The number of carboxylic acids is 1. The van der Waals surface area contributed by atoms with Crippen molar-refractivity contribution in [3.8, 4) is 0 Å². The molecule has 0 aliphatic heterocycles. The van der Waals surface area contributed by atoms with Crippen molar-refractivity contribution >= 4 is 16.9 Å². The van der Waals surface area contributed by atoms with Gasteiger partial charge in [-0.2, -0.15) is 0 Å². The summed E-state index contributed by atoms with van der Waals surface area (Å²) >= 11 is 0. The lowest BCUT2D eigenvalue weighted by molar-refractivity contribution is -0.141. The Morgan fingerprint density at radius 3 is 3.00 bits per heavy atom. The van der Waals surface area contributed by atoms with Crippen LogP contribution in [0.1, 0.15) is 18.9 Å². The van der Waals surface area contributed by atoms with E-state index in [9.17, 15) is 4.79 Å². The molecule has 2 aromatic rings. The number of para-hydroxylation sites is 1. The number of H-pyrrole nitrogens is 1. The molecule has 0 saturated heterocycles. The summed E-state index contributed by atoms with van der Waals surface area (Å²) in [6, 6.07) is 8.15. The van der Waals surface area contributed by atoms with E-state index in [1.54, 1.807) is 0 Å². The molecule has 96 valence electrons. The van der Waals surface area contributed by atoms with Gasteiger partial charge < -0.3 is 15.4 Å². The summed E-state index contributed by atoms with van der Waals surface area (Å²) in [5.41, 5.74) is 2.28. The molecular formula is C14H18N2O2. The van der Waals surface area contributed by atoms with E-state index in [2.05, 4.69) is 16.4 Å². The van der Waals surface area contributed by atoms with Gasteiger partial charge in [0.05, 0.1) is 5.92 Å². The van der Waals surface area contributed by atoms with Gasteiger partial charge >= 0.3 is 5.97 Å². The van der Waals surface area contributed by atoms with Crippen LogP contribution in [0.3, 0.4) is 0 Å². The first-order valence-corrected chi connectivity index (χ1v) is 6.21. The maximum absolute atomic E-state index is 10.9. The molecule has 3 N–H and O–H groups in total. The largest absolute Gasteiger partial charge is 0.481 e. The van der Waals surface area contributed by atoms with Gasteiger partial charge in [0.2, 0.25) is 0 Å². The molecule has 1 unspecified atom stereocenters. The minimum Gasteiger partial charge on any atom is -0.481 e. The van der Waals surface area contributed by atoms with Gasteiger partial charge in [0.15, 0.2) is 0 Å². The third-order valence-corrected chi connectivity index (χ3v) is 3.22. The van der Waals surface area contributed by atoms with E-state index in [-0.39, 0.29) is 5.92 Å². The van der Waals surface area contributed by atoms with Crippen LogP contribution in [0, 0.1) is 5.92 Å². The molecule has 0 saturated carbocycles. The molecule has 1 atom stereocenters. The third kappa shape index (κ3) is 2.71. The maximum Gasteiger partial charge on any atom is 0.307 e. The molecule has 0 bridgehead atoms. The summed E-state index contributed by atoms with van der Waals surface area (Å²) in [5, 5.41) is 13.4. The molecule has 2 rings (SSSR count). The molecule has 1 aromatic carbocycles. The Balaban J connectivity index is 1.98. The van der Waals surface area contributed by atoms with Gasteiger partial charge in [-0.05, 0) is 23.4 Å². The fourth-order valence-electron chi connectivity index (χ4n) is 2.08. The van der Waals surface area contributed by atoms with Crippen molar-refractivity contribution in [3.63, 3.8) is 0 Å². The highest BCUT2D eigenvalue weighted by atomic mass is 16.4. The molecule has 0 amide bonds. The smallest absolute Gasteiger partial charge is 0.307 e. The number of fused-ring (bicyclic) bond motifs is 1. The summed E-state index contributed by atoms with van der Waals surface area (Å²) < 4.78 is 0. The molecule has 4 heteroatoms. The zero-order chi connectivity index (χ0) is 13.0. The van der Waals surface area contributed by atoms with Crippen molar-refractivity contribution in [3.05, 3.63) is 36.0 Å². The van der Waals surface area contributed by atoms with Crippen LogP contribution < -0.4 is 5.32 Å². The second-order valence-corrected chi connectivity index (χ2v) is 4.43. The number of carboxylic acid groups (broad SMARTS) is 1. The number of rotatable bonds is 6. The van der Waals surface area contributed by atoms with Crippen molar-refractivity contribution in [1.29, 1.82) is 0 Å². The predicted molar refractivity (Wildman–Crippen MR) is 71.4 cm³/mol. The molecule has 4 nitrogen and oxygen atoms in total. The van der Waals surface area contributed by atoms with Crippen molar-refractivity contribution in [2.45, 2.75) is 19.9 Å². The minimum absolute atomic E-state index is 0.312. The van der Waals surface area contributed by atoms with Crippen LogP contribution in [0.25, 0.3) is 10.9 Å². The van der Waals surface area contributed by atoms with Crippen molar-refractivity contribution in [2.24, 2.45) is 5.92 Å². The van der Waals surface area contributed by atoms with E-state index >= 15 is 0 Å². The van der Waals surface area contributed by atoms with Crippen LogP contribution in [0.4, 0.5) is 0 Å². The van der Waals surface area contributed by atoms with Crippen LogP contribution in [0.15, 0.2) is 30.5 Å². The number of carbonyl (C=O) groups is 1. The molecule has 18 heavy (non-hydrogen) atoms. The van der Waals surface area contributed by atoms with Crippen molar-refractivity contribution in [2.75, 3.05) is 6.54 Å². The predicted octanol–water partition coefficient (Wildman–Crippen LogP) is 2.37. The van der Waals surface area contributed by atoms with Gasteiger partial charge in [0.1, 0.15) is 0 Å². The minimum atomic E-state index is -0.733. The van der Waals surface area contributed by atoms with Crippen LogP contribution >= 0.6 is 0 Å². The lowest BCUT2D eigenvalue weighted by Crippen LogP contribution is -2.27. The average Bonchev–Trinajstić information content (AvgIpc) is 2.83. The SMILES string of the molecule is CCC(CNCc1cccc2cc[nH]c12)C(=O)O. The molecular weight excluding hydrogens is 228 g/mol. The summed E-state index contributed by atoms with van der Waals surface area (Å²) in [4.78, 5) is 14.1. The van der Waals surface area contributed by atoms with Crippen LogP contribution in [-0.4, -0.2) is 22.6 Å². The number of hydrogen-bond acceptors (Lipinski definition) is 2. The van der Waals surface area contributed by atoms with E-state index in [1.807, 2.05) is 31.3 Å². The lowest BCUT2D eigenvalue weighted by atomic mass is 10.1. The normalized spacial score (nSPS) is 12.7. The van der Waals surface area contributed by atoms with E-state index in [1.165, 1.54) is 5.39 Å². The summed E-state index contributed by atoms with van der Waals surface area (Å²) in [6.45, 7) is 3.08. The number of aromatic nitrogens is 1. The Labute approximate surface area is 106 Å². The molecule has 0 aliphatic carbocycles. The van der Waals surface area contributed by atoms with Gasteiger partial charge in [-0.25, -0.2) is 0 Å². The van der Waals surface area contributed by atoms with E-state index in [0.717, 1.165) is 11.1 Å². The van der Waals surface area contributed by atoms with Gasteiger partial charge in [-0.1, -0.05) is 25.1 Å². The quantitative estimate of drug-likeness (QED) is 0.733. The Morgan fingerprint density at radius 1 is 1.44 bits per heavy atom. The van der Waals surface area contributed by atoms with Crippen molar-refractivity contribution in [1.82, 2.24) is 10.3 Å². The van der Waals surface area contributed by atoms with E-state index in [4.69, 9.17) is 5.11 Å². The number of nitrogens with one attached hydrogen (secondary N) is 2. The van der Waals surface area contributed by atoms with E-state index in [0.29, 0.717) is 19.5 Å². The Hall–Kier alpha value is -1.81. The maximum atomic E-state index is 10.9.